The Hall–Kier alpha value is -0.860. The van der Waals surface area contributed by atoms with Gasteiger partial charge < -0.3 is 4.74 Å². The van der Waals surface area contributed by atoms with Crippen LogP contribution in [0.15, 0.2) is 30.3 Å². The van der Waals surface area contributed by atoms with Gasteiger partial charge in [0.05, 0.1) is 12.2 Å². The Bertz CT molecular complexity index is 289. The molecule has 0 aromatic heterocycles. The molecule has 0 bridgehead atoms. The van der Waals surface area contributed by atoms with Crippen molar-refractivity contribution < 1.29 is 4.74 Å². The van der Waals surface area contributed by atoms with Crippen LogP contribution in [0.1, 0.15) is 19.4 Å². The highest BCUT2D eigenvalue weighted by molar-refractivity contribution is 5.14. The number of nitrogens with zero attached hydrogens (tertiary/aromatic N) is 1. The van der Waals surface area contributed by atoms with Crippen LogP contribution in [0.3, 0.4) is 0 Å². The maximum Gasteiger partial charge on any atom is 0.0678 e. The van der Waals surface area contributed by atoms with Crippen LogP contribution in [-0.4, -0.2) is 30.2 Å². The van der Waals surface area contributed by atoms with E-state index < -0.39 is 0 Å². The van der Waals surface area contributed by atoms with E-state index in [0.717, 1.165) is 19.6 Å². The van der Waals surface area contributed by atoms with Crippen molar-refractivity contribution in [3.05, 3.63) is 35.9 Å². The van der Waals surface area contributed by atoms with E-state index in [2.05, 4.69) is 49.1 Å². The van der Waals surface area contributed by atoms with Gasteiger partial charge in [-0.05, 0) is 19.4 Å². The summed E-state index contributed by atoms with van der Waals surface area (Å²) in [6, 6.07) is 10.6. The number of hydrogen-bond acceptors (Lipinski definition) is 2. The number of morpholine rings is 1. The first-order valence-corrected chi connectivity index (χ1v) is 5.66. The van der Waals surface area contributed by atoms with Gasteiger partial charge >= 0.3 is 0 Å². The normalized spacial score (nSPS) is 27.9. The number of benzene rings is 1. The number of hydrogen-bond donors (Lipinski definition) is 0. The van der Waals surface area contributed by atoms with E-state index in [9.17, 15) is 0 Å². The predicted octanol–water partition coefficient (Wildman–Crippen LogP) is 2.30. The summed E-state index contributed by atoms with van der Waals surface area (Å²) >= 11 is 0. The van der Waals surface area contributed by atoms with Gasteiger partial charge in [0.15, 0.2) is 0 Å². The molecule has 2 heteroatoms. The van der Waals surface area contributed by atoms with Gasteiger partial charge in [-0.3, -0.25) is 4.90 Å². The quantitative estimate of drug-likeness (QED) is 0.734. The van der Waals surface area contributed by atoms with Crippen molar-refractivity contribution in [3.63, 3.8) is 0 Å². The van der Waals surface area contributed by atoms with Crippen LogP contribution >= 0.6 is 0 Å². The van der Waals surface area contributed by atoms with Crippen molar-refractivity contribution >= 4 is 0 Å². The molecule has 2 nitrogen and oxygen atoms in total. The van der Waals surface area contributed by atoms with E-state index in [4.69, 9.17) is 4.74 Å². The molecule has 2 rings (SSSR count). The smallest absolute Gasteiger partial charge is 0.0678 e. The van der Waals surface area contributed by atoms with E-state index in [-0.39, 0.29) is 0 Å². The zero-order chi connectivity index (χ0) is 10.7. The molecule has 15 heavy (non-hydrogen) atoms. The lowest BCUT2D eigenvalue weighted by atomic mass is 10.1. The van der Waals surface area contributed by atoms with Crippen LogP contribution in [0.25, 0.3) is 0 Å². The van der Waals surface area contributed by atoms with Crippen molar-refractivity contribution in [1.82, 2.24) is 4.90 Å². The maximum absolute atomic E-state index is 5.71. The third-order valence-corrected chi connectivity index (χ3v) is 2.74. The first-order valence-electron chi connectivity index (χ1n) is 5.66. The van der Waals surface area contributed by atoms with Gasteiger partial charge in [0.25, 0.3) is 0 Å². The first-order chi connectivity index (χ1) is 7.24. The summed E-state index contributed by atoms with van der Waals surface area (Å²) in [6.07, 6.45) is 0.718. The molecular formula is C13H19NO. The van der Waals surface area contributed by atoms with E-state index in [1.54, 1.807) is 0 Å². The van der Waals surface area contributed by atoms with Crippen molar-refractivity contribution in [2.45, 2.75) is 32.6 Å². The monoisotopic (exact) mass is 205 g/mol. The lowest BCUT2D eigenvalue weighted by molar-refractivity contribution is -0.0704. The molecule has 0 amide bonds. The molecule has 0 N–H and O–H groups in total. The lowest BCUT2D eigenvalue weighted by Gasteiger charge is -2.35. The summed E-state index contributed by atoms with van der Waals surface area (Å²) in [5.74, 6) is 0. The van der Waals surface area contributed by atoms with E-state index in [0.29, 0.717) is 12.2 Å². The standard InChI is InChI=1S/C13H19NO/c1-11-8-14(9-12(2)15-11)10-13-6-4-3-5-7-13/h3-7,11-12H,8-10H2,1-2H3/t11-,12+. The van der Waals surface area contributed by atoms with Crippen LogP contribution in [0, 0.1) is 0 Å². The molecule has 1 aliphatic rings. The Morgan fingerprint density at radius 3 is 2.33 bits per heavy atom. The second-order valence-corrected chi connectivity index (χ2v) is 4.44. The molecule has 1 aromatic rings. The molecule has 0 unspecified atom stereocenters. The molecule has 0 aliphatic carbocycles. The van der Waals surface area contributed by atoms with Gasteiger partial charge in [-0.25, -0.2) is 0 Å². The van der Waals surface area contributed by atoms with Gasteiger partial charge in [-0.1, -0.05) is 30.3 Å². The largest absolute Gasteiger partial charge is 0.373 e. The van der Waals surface area contributed by atoms with Gasteiger partial charge in [0.2, 0.25) is 0 Å². The third kappa shape index (κ3) is 3.05. The van der Waals surface area contributed by atoms with Gasteiger partial charge in [0.1, 0.15) is 0 Å². The average molecular weight is 205 g/mol. The molecule has 0 saturated carbocycles. The zero-order valence-electron chi connectivity index (χ0n) is 9.52. The van der Waals surface area contributed by atoms with Crippen LogP contribution < -0.4 is 0 Å². The zero-order valence-corrected chi connectivity index (χ0v) is 9.52. The number of rotatable bonds is 2. The fourth-order valence-corrected chi connectivity index (χ4v) is 2.26. The Morgan fingerprint density at radius 2 is 1.73 bits per heavy atom. The van der Waals surface area contributed by atoms with Gasteiger partial charge in [0, 0.05) is 19.6 Å². The van der Waals surface area contributed by atoms with Gasteiger partial charge in [-0.2, -0.15) is 0 Å². The Balaban J connectivity index is 1.94. The van der Waals surface area contributed by atoms with E-state index in [1.807, 2.05) is 0 Å². The van der Waals surface area contributed by atoms with E-state index in [1.165, 1.54) is 5.56 Å². The molecule has 0 radical (unpaired) electrons. The Morgan fingerprint density at radius 1 is 1.13 bits per heavy atom. The topological polar surface area (TPSA) is 12.5 Å². The molecule has 82 valence electrons. The SMILES string of the molecule is C[C@@H]1CN(Cc2ccccc2)C[C@H](C)O1. The van der Waals surface area contributed by atoms with Gasteiger partial charge in [-0.15, -0.1) is 0 Å². The minimum atomic E-state index is 0.359. The molecule has 0 spiro atoms. The van der Waals surface area contributed by atoms with E-state index >= 15 is 0 Å². The summed E-state index contributed by atoms with van der Waals surface area (Å²) in [6.45, 7) is 7.42. The lowest BCUT2D eigenvalue weighted by Crippen LogP contribution is -2.44. The summed E-state index contributed by atoms with van der Waals surface area (Å²) in [5.41, 5.74) is 1.39. The highest BCUT2D eigenvalue weighted by atomic mass is 16.5. The minimum absolute atomic E-state index is 0.359. The molecule has 1 fully saturated rings. The second kappa shape index (κ2) is 4.77. The summed E-state index contributed by atoms with van der Waals surface area (Å²) < 4.78 is 5.71. The average Bonchev–Trinajstić information content (AvgIpc) is 2.17. The Labute approximate surface area is 91.9 Å². The maximum atomic E-state index is 5.71. The van der Waals surface area contributed by atoms with Crippen LogP contribution in [0.5, 0.6) is 0 Å². The fraction of sp³-hybridized carbons (Fsp3) is 0.538. The molecule has 1 aliphatic heterocycles. The highest BCUT2D eigenvalue weighted by Gasteiger charge is 2.21. The number of ether oxygens (including phenoxy) is 1. The Kier molecular flexibility index (Phi) is 3.39. The minimum Gasteiger partial charge on any atom is -0.373 e. The summed E-state index contributed by atoms with van der Waals surface area (Å²) in [7, 11) is 0. The van der Waals surface area contributed by atoms with Crippen molar-refractivity contribution in [2.24, 2.45) is 0 Å². The molecule has 1 saturated heterocycles. The third-order valence-electron chi connectivity index (χ3n) is 2.74. The highest BCUT2D eigenvalue weighted by Crippen LogP contribution is 2.13. The molecule has 1 heterocycles. The fourth-order valence-electron chi connectivity index (χ4n) is 2.26. The molecular weight excluding hydrogens is 186 g/mol. The summed E-state index contributed by atoms with van der Waals surface area (Å²) in [5, 5.41) is 0. The predicted molar refractivity (Wildman–Crippen MR) is 61.7 cm³/mol. The van der Waals surface area contributed by atoms with Crippen molar-refractivity contribution in [1.29, 1.82) is 0 Å². The van der Waals surface area contributed by atoms with Crippen LogP contribution in [0.2, 0.25) is 0 Å². The molecule has 2 atom stereocenters. The first kappa shape index (κ1) is 10.7. The van der Waals surface area contributed by atoms with Crippen LogP contribution in [-0.2, 0) is 11.3 Å². The second-order valence-electron chi connectivity index (χ2n) is 4.44. The molecule has 1 aromatic carbocycles. The van der Waals surface area contributed by atoms with Crippen LogP contribution in [0.4, 0.5) is 0 Å². The summed E-state index contributed by atoms with van der Waals surface area (Å²) in [4.78, 5) is 2.47. The van der Waals surface area contributed by atoms with Crippen molar-refractivity contribution in [2.75, 3.05) is 13.1 Å². The van der Waals surface area contributed by atoms with Crippen molar-refractivity contribution in [3.8, 4) is 0 Å².